The Morgan fingerprint density at radius 3 is 2.56 bits per heavy atom. The van der Waals surface area contributed by atoms with Gasteiger partial charge in [-0.25, -0.2) is 4.39 Å². The van der Waals surface area contributed by atoms with Gasteiger partial charge in [-0.15, -0.1) is 0 Å². The van der Waals surface area contributed by atoms with Gasteiger partial charge in [0.05, 0.1) is 0 Å². The number of hydrogen-bond donors (Lipinski definition) is 0. The Labute approximate surface area is 114 Å². The molecule has 0 radical (unpaired) electrons. The van der Waals surface area contributed by atoms with Crippen LogP contribution in [-0.4, -0.2) is 5.78 Å². The molecule has 0 aliphatic heterocycles. The first-order valence-corrected chi connectivity index (χ1v) is 6.50. The average Bonchev–Trinajstić information content (AvgIpc) is 2.34. The lowest BCUT2D eigenvalue weighted by Crippen LogP contribution is -1.95. The van der Waals surface area contributed by atoms with E-state index in [1.165, 1.54) is 24.8 Å². The highest BCUT2D eigenvalue weighted by Gasteiger charge is 2.11. The van der Waals surface area contributed by atoms with Gasteiger partial charge in [0.1, 0.15) is 5.82 Å². The monoisotopic (exact) mass is 280 g/mol. The number of ketones is 1. The van der Waals surface area contributed by atoms with E-state index >= 15 is 0 Å². The van der Waals surface area contributed by atoms with Crippen molar-refractivity contribution in [3.8, 4) is 0 Å². The number of halogens is 2. The van der Waals surface area contributed by atoms with E-state index in [4.69, 9.17) is 11.6 Å². The minimum absolute atomic E-state index is 0.0867. The predicted octanol–water partition coefficient (Wildman–Crippen LogP) is 4.83. The van der Waals surface area contributed by atoms with E-state index in [1.54, 1.807) is 36.4 Å². The smallest absolute Gasteiger partial charge is 0.160 e. The lowest BCUT2D eigenvalue weighted by Gasteiger charge is -2.07. The summed E-state index contributed by atoms with van der Waals surface area (Å²) in [6, 6.07) is 11.5. The first-order chi connectivity index (χ1) is 8.58. The second-order valence-electron chi connectivity index (χ2n) is 3.73. The van der Waals surface area contributed by atoms with E-state index < -0.39 is 0 Å². The molecule has 4 heteroatoms. The van der Waals surface area contributed by atoms with Gasteiger partial charge in [0.2, 0.25) is 0 Å². The number of carbonyl (C=O) groups is 1. The molecule has 92 valence electrons. The quantitative estimate of drug-likeness (QED) is 0.749. The molecule has 0 atom stereocenters. The van der Waals surface area contributed by atoms with Crippen LogP contribution in [0.25, 0.3) is 0 Å². The number of hydrogen-bond acceptors (Lipinski definition) is 2. The van der Waals surface area contributed by atoms with Gasteiger partial charge in [-0.1, -0.05) is 35.5 Å². The molecule has 0 aliphatic carbocycles. The largest absolute Gasteiger partial charge is 0.294 e. The van der Waals surface area contributed by atoms with Crippen molar-refractivity contribution in [2.45, 2.75) is 16.7 Å². The summed E-state index contributed by atoms with van der Waals surface area (Å²) >= 11 is 7.08. The Morgan fingerprint density at radius 2 is 1.89 bits per heavy atom. The zero-order chi connectivity index (χ0) is 13.1. The average molecular weight is 281 g/mol. The highest BCUT2D eigenvalue weighted by atomic mass is 35.5. The Balaban J connectivity index is 2.41. The molecule has 1 nitrogen and oxygen atoms in total. The van der Waals surface area contributed by atoms with E-state index in [9.17, 15) is 9.18 Å². The number of rotatable bonds is 3. The first kappa shape index (κ1) is 13.1. The summed E-state index contributed by atoms with van der Waals surface area (Å²) < 4.78 is 13.6. The van der Waals surface area contributed by atoms with Gasteiger partial charge in [-0.3, -0.25) is 4.79 Å². The Kier molecular flexibility index (Phi) is 4.04. The summed E-state index contributed by atoms with van der Waals surface area (Å²) in [5.74, 6) is -0.386. The second-order valence-corrected chi connectivity index (χ2v) is 5.25. The molecule has 0 unspecified atom stereocenters. The lowest BCUT2D eigenvalue weighted by molar-refractivity contribution is 0.101. The summed E-state index contributed by atoms with van der Waals surface area (Å²) in [6.45, 7) is 1.47. The normalized spacial score (nSPS) is 10.4. The molecular formula is C14H10ClFOS. The molecule has 2 aromatic rings. The van der Waals surface area contributed by atoms with Crippen LogP contribution in [0.1, 0.15) is 17.3 Å². The standard InChI is InChI=1S/C14H10ClFOS/c1-9(17)11-8-10(15)6-7-13(11)18-14-5-3-2-4-12(14)16/h2-8H,1H3. The number of Topliss-reactive ketones (excluding diaryl/α,β-unsaturated/α-hetero) is 1. The zero-order valence-electron chi connectivity index (χ0n) is 9.61. The molecule has 0 spiro atoms. The third-order valence-corrected chi connectivity index (χ3v) is 3.74. The maximum Gasteiger partial charge on any atom is 0.160 e. The summed E-state index contributed by atoms with van der Waals surface area (Å²) in [5.41, 5.74) is 0.510. The van der Waals surface area contributed by atoms with Gasteiger partial charge in [0, 0.05) is 20.4 Å². The Bertz CT molecular complexity index is 598. The molecule has 2 aromatic carbocycles. The maximum atomic E-state index is 13.6. The van der Waals surface area contributed by atoms with Crippen LogP contribution >= 0.6 is 23.4 Å². The molecule has 0 saturated heterocycles. The van der Waals surface area contributed by atoms with Crippen molar-refractivity contribution < 1.29 is 9.18 Å². The second kappa shape index (κ2) is 5.55. The van der Waals surface area contributed by atoms with Crippen LogP contribution in [0, 0.1) is 5.82 Å². The van der Waals surface area contributed by atoms with Gasteiger partial charge in [-0.05, 0) is 37.3 Å². The molecular weight excluding hydrogens is 271 g/mol. The minimum Gasteiger partial charge on any atom is -0.294 e. The fourth-order valence-corrected chi connectivity index (χ4v) is 2.68. The van der Waals surface area contributed by atoms with E-state index in [0.29, 0.717) is 20.4 Å². The predicted molar refractivity (Wildman–Crippen MR) is 72.0 cm³/mol. The highest BCUT2D eigenvalue weighted by molar-refractivity contribution is 7.99. The SMILES string of the molecule is CC(=O)c1cc(Cl)ccc1Sc1ccccc1F. The van der Waals surface area contributed by atoms with E-state index in [1.807, 2.05) is 0 Å². The van der Waals surface area contributed by atoms with Crippen LogP contribution in [0.5, 0.6) is 0 Å². The van der Waals surface area contributed by atoms with E-state index in [-0.39, 0.29) is 11.6 Å². The van der Waals surface area contributed by atoms with Crippen LogP contribution in [0.4, 0.5) is 4.39 Å². The fourth-order valence-electron chi connectivity index (χ4n) is 1.51. The minimum atomic E-state index is -0.299. The molecule has 2 rings (SSSR count). The summed E-state index contributed by atoms with van der Waals surface area (Å²) in [5, 5.41) is 0.498. The molecule has 0 aliphatic rings. The van der Waals surface area contributed by atoms with Gasteiger partial charge in [-0.2, -0.15) is 0 Å². The van der Waals surface area contributed by atoms with Crippen LogP contribution in [0.15, 0.2) is 52.3 Å². The molecule has 0 bridgehead atoms. The van der Waals surface area contributed by atoms with Gasteiger partial charge < -0.3 is 0 Å². The van der Waals surface area contributed by atoms with Crippen molar-refractivity contribution >= 4 is 29.1 Å². The molecule has 0 N–H and O–H groups in total. The number of carbonyl (C=O) groups excluding carboxylic acids is 1. The van der Waals surface area contributed by atoms with Crippen molar-refractivity contribution in [2.75, 3.05) is 0 Å². The van der Waals surface area contributed by atoms with Gasteiger partial charge in [0.15, 0.2) is 5.78 Å². The van der Waals surface area contributed by atoms with Crippen molar-refractivity contribution in [3.63, 3.8) is 0 Å². The van der Waals surface area contributed by atoms with Crippen molar-refractivity contribution in [2.24, 2.45) is 0 Å². The van der Waals surface area contributed by atoms with Crippen LogP contribution in [0.2, 0.25) is 5.02 Å². The zero-order valence-corrected chi connectivity index (χ0v) is 11.2. The maximum absolute atomic E-state index is 13.6. The summed E-state index contributed by atoms with van der Waals surface area (Å²) in [6.07, 6.45) is 0. The van der Waals surface area contributed by atoms with E-state index in [0.717, 1.165) is 0 Å². The highest BCUT2D eigenvalue weighted by Crippen LogP contribution is 2.33. The lowest BCUT2D eigenvalue weighted by atomic mass is 10.1. The summed E-state index contributed by atoms with van der Waals surface area (Å²) in [4.78, 5) is 12.7. The van der Waals surface area contributed by atoms with Crippen molar-refractivity contribution in [3.05, 3.63) is 58.9 Å². The molecule has 18 heavy (non-hydrogen) atoms. The van der Waals surface area contributed by atoms with Crippen LogP contribution in [-0.2, 0) is 0 Å². The topological polar surface area (TPSA) is 17.1 Å². The Hall–Kier alpha value is -1.32. The van der Waals surface area contributed by atoms with Gasteiger partial charge >= 0.3 is 0 Å². The number of benzene rings is 2. The molecule has 0 amide bonds. The first-order valence-electron chi connectivity index (χ1n) is 5.31. The van der Waals surface area contributed by atoms with Crippen LogP contribution in [0.3, 0.4) is 0 Å². The van der Waals surface area contributed by atoms with Crippen LogP contribution < -0.4 is 0 Å². The third kappa shape index (κ3) is 2.92. The Morgan fingerprint density at radius 1 is 1.17 bits per heavy atom. The third-order valence-electron chi connectivity index (χ3n) is 2.38. The van der Waals surface area contributed by atoms with Crippen molar-refractivity contribution in [1.29, 1.82) is 0 Å². The van der Waals surface area contributed by atoms with Crippen molar-refractivity contribution in [1.82, 2.24) is 0 Å². The summed E-state index contributed by atoms with van der Waals surface area (Å²) in [7, 11) is 0. The van der Waals surface area contributed by atoms with E-state index in [2.05, 4.69) is 0 Å². The molecule has 0 fully saturated rings. The fraction of sp³-hybridized carbons (Fsp3) is 0.0714. The molecule has 0 aromatic heterocycles. The molecule has 0 saturated carbocycles. The van der Waals surface area contributed by atoms with Gasteiger partial charge in [0.25, 0.3) is 0 Å². The molecule has 0 heterocycles.